The Hall–Kier alpha value is -4.12. The third-order valence-corrected chi connectivity index (χ3v) is 9.01. The van der Waals surface area contributed by atoms with Gasteiger partial charge in [-0.3, -0.25) is 14.9 Å². The van der Waals surface area contributed by atoms with Gasteiger partial charge in [-0.15, -0.1) is 0 Å². The number of imide groups is 1. The van der Waals surface area contributed by atoms with E-state index in [0.29, 0.717) is 46.2 Å². The van der Waals surface area contributed by atoms with Crippen molar-refractivity contribution in [1.82, 2.24) is 14.5 Å². The lowest BCUT2D eigenvalue weighted by Crippen LogP contribution is -2.58. The van der Waals surface area contributed by atoms with Crippen LogP contribution in [-0.2, 0) is 0 Å². The third-order valence-electron chi connectivity index (χ3n) is 9.01. The largest absolute Gasteiger partial charge is 0.497 e. The maximum Gasteiger partial charge on any atom is 0.259 e. The molecule has 1 fully saturated rings. The maximum atomic E-state index is 13.4. The zero-order chi connectivity index (χ0) is 26.2. The second-order valence-corrected chi connectivity index (χ2v) is 10.7. The highest BCUT2D eigenvalue weighted by Gasteiger charge is 2.53. The molecule has 38 heavy (non-hydrogen) atoms. The number of hydrogen-bond acceptors (Lipinski definition) is 7. The Kier molecular flexibility index (Phi) is 3.95. The Morgan fingerprint density at radius 2 is 1.47 bits per heavy atom. The number of methoxy groups -OCH3 is 2. The van der Waals surface area contributed by atoms with Crippen LogP contribution in [0.4, 0.5) is 0 Å². The topological polar surface area (TPSA) is 147 Å². The Morgan fingerprint density at radius 3 is 2.00 bits per heavy atom. The van der Waals surface area contributed by atoms with Gasteiger partial charge >= 0.3 is 0 Å². The average Bonchev–Trinajstić information content (AvgIpc) is 3.58. The summed E-state index contributed by atoms with van der Waals surface area (Å²) >= 11 is 0. The maximum absolute atomic E-state index is 13.4. The van der Waals surface area contributed by atoms with Gasteiger partial charge in [-0.05, 0) is 49.2 Å². The van der Waals surface area contributed by atoms with E-state index in [-0.39, 0.29) is 12.1 Å². The van der Waals surface area contributed by atoms with Gasteiger partial charge in [0.25, 0.3) is 11.8 Å². The molecule has 5 aromatic rings. The third kappa shape index (κ3) is 2.30. The highest BCUT2D eigenvalue weighted by Crippen LogP contribution is 2.56. The van der Waals surface area contributed by atoms with E-state index in [1.54, 1.807) is 14.2 Å². The standard InChI is InChI=1S/C28H25N5O5/c1-37-12-3-5-16-14(8-12)19-21-22(26(35)31-25(21)34)20-15-9-13(38-2)4-6-17(15)33-18-7-11(10-28(18,30)27(29)36)32(16)23(19)24(20)33/h3-6,8-9,11,18,27,36H,7,10,29-30H2,1-2H3,(H,31,34,35)/t11?,18?,27?,28-/m0/s1. The number of aliphatic hydroxyl groups is 1. The number of aromatic nitrogens is 2. The van der Waals surface area contributed by atoms with Crippen LogP contribution in [0.15, 0.2) is 36.4 Å². The number of fused-ring (bicyclic) bond motifs is 13. The van der Waals surface area contributed by atoms with Crippen molar-refractivity contribution < 1.29 is 24.2 Å². The minimum absolute atomic E-state index is 0.0915. The van der Waals surface area contributed by atoms with E-state index >= 15 is 0 Å². The first-order valence-electron chi connectivity index (χ1n) is 12.6. The van der Waals surface area contributed by atoms with Gasteiger partial charge in [-0.25, -0.2) is 0 Å². The molecule has 1 saturated carbocycles. The fourth-order valence-electron chi connectivity index (χ4n) is 7.41. The lowest BCUT2D eigenvalue weighted by molar-refractivity contribution is 0.0684. The number of aliphatic hydroxyl groups excluding tert-OH is 1. The SMILES string of the molecule is COc1ccc2c(c1)c1c3c(c4c5cc(OC)ccc5n5c4c1n2C1CC5[C@](N)(C(N)O)C1)C(=O)NC3=O. The average molecular weight is 512 g/mol. The van der Waals surface area contributed by atoms with Gasteiger partial charge in [0.05, 0.1) is 48.0 Å². The molecule has 8 rings (SSSR count). The summed E-state index contributed by atoms with van der Waals surface area (Å²) in [4.78, 5) is 26.8. The number of amides is 2. The van der Waals surface area contributed by atoms with Crippen molar-refractivity contribution in [3.8, 4) is 11.5 Å². The molecular weight excluding hydrogens is 486 g/mol. The van der Waals surface area contributed by atoms with Gasteiger partial charge in [0.15, 0.2) is 0 Å². The number of rotatable bonds is 3. The van der Waals surface area contributed by atoms with Gasteiger partial charge in [-0.2, -0.15) is 0 Å². The van der Waals surface area contributed by atoms with E-state index in [4.69, 9.17) is 20.9 Å². The van der Waals surface area contributed by atoms with Crippen LogP contribution < -0.4 is 26.3 Å². The van der Waals surface area contributed by atoms with Crippen LogP contribution in [-0.4, -0.2) is 52.0 Å². The van der Waals surface area contributed by atoms with Crippen LogP contribution in [0.5, 0.6) is 11.5 Å². The summed E-state index contributed by atoms with van der Waals surface area (Å²) in [5, 5.41) is 16.3. The van der Waals surface area contributed by atoms with Crippen LogP contribution in [0.25, 0.3) is 43.6 Å². The quantitative estimate of drug-likeness (QED) is 0.215. The summed E-state index contributed by atoms with van der Waals surface area (Å²) in [5.74, 6) is 0.411. The van der Waals surface area contributed by atoms with Crippen molar-refractivity contribution in [3.63, 3.8) is 0 Å². The number of ether oxygens (including phenoxy) is 2. The number of benzene rings is 3. The van der Waals surface area contributed by atoms with Crippen LogP contribution in [0.2, 0.25) is 0 Å². The first kappa shape index (κ1) is 21.9. The molecule has 0 saturated heterocycles. The molecular formula is C28H25N5O5. The van der Waals surface area contributed by atoms with Gasteiger partial charge in [0.2, 0.25) is 0 Å². The molecule has 0 radical (unpaired) electrons. The highest BCUT2D eigenvalue weighted by atomic mass is 16.5. The fraction of sp³-hybridized carbons (Fsp3) is 0.286. The number of nitrogens with two attached hydrogens (primary N) is 2. The smallest absolute Gasteiger partial charge is 0.259 e. The van der Waals surface area contributed by atoms with Gasteiger partial charge in [0, 0.05) is 38.6 Å². The molecule has 0 spiro atoms. The number of nitrogens with zero attached hydrogens (tertiary/aromatic N) is 2. The predicted octanol–water partition coefficient (Wildman–Crippen LogP) is 2.67. The molecule has 192 valence electrons. The molecule has 4 atom stereocenters. The van der Waals surface area contributed by atoms with Crippen LogP contribution >= 0.6 is 0 Å². The van der Waals surface area contributed by atoms with Gasteiger partial charge < -0.3 is 35.2 Å². The van der Waals surface area contributed by atoms with E-state index in [1.165, 1.54) is 0 Å². The molecule has 10 nitrogen and oxygen atoms in total. The molecule has 2 bridgehead atoms. The Bertz CT molecular complexity index is 1940. The number of hydrogen-bond donors (Lipinski definition) is 4. The molecule has 2 aromatic heterocycles. The van der Waals surface area contributed by atoms with Crippen molar-refractivity contribution in [3.05, 3.63) is 47.5 Å². The molecule has 6 N–H and O–H groups in total. The zero-order valence-electron chi connectivity index (χ0n) is 20.7. The van der Waals surface area contributed by atoms with E-state index < -0.39 is 23.6 Å². The van der Waals surface area contributed by atoms with Crippen molar-refractivity contribution >= 4 is 55.4 Å². The predicted molar refractivity (Wildman–Crippen MR) is 142 cm³/mol. The molecule has 10 heteroatoms. The zero-order valence-corrected chi connectivity index (χ0v) is 20.7. The van der Waals surface area contributed by atoms with Gasteiger partial charge in [0.1, 0.15) is 17.7 Å². The number of nitrogens with one attached hydrogen (secondary N) is 1. The molecule has 4 heterocycles. The van der Waals surface area contributed by atoms with Crippen LogP contribution in [0.1, 0.15) is 45.6 Å². The monoisotopic (exact) mass is 511 g/mol. The van der Waals surface area contributed by atoms with E-state index in [0.717, 1.165) is 32.8 Å². The van der Waals surface area contributed by atoms with E-state index in [9.17, 15) is 14.7 Å². The summed E-state index contributed by atoms with van der Waals surface area (Å²) in [5.41, 5.74) is 16.1. The second-order valence-electron chi connectivity index (χ2n) is 10.7. The summed E-state index contributed by atoms with van der Waals surface area (Å²) in [6.07, 6.45) is -0.194. The van der Waals surface area contributed by atoms with Gasteiger partial charge in [-0.1, -0.05) is 0 Å². The summed E-state index contributed by atoms with van der Waals surface area (Å²) in [6.45, 7) is 0. The Morgan fingerprint density at radius 1 is 0.947 bits per heavy atom. The minimum atomic E-state index is -1.26. The second kappa shape index (κ2) is 6.84. The molecule has 2 aliphatic heterocycles. The highest BCUT2D eigenvalue weighted by molar-refractivity contribution is 6.39. The normalized spacial score (nSPS) is 24.6. The van der Waals surface area contributed by atoms with Crippen molar-refractivity contribution in [2.75, 3.05) is 14.2 Å². The minimum Gasteiger partial charge on any atom is -0.497 e. The first-order valence-corrected chi connectivity index (χ1v) is 12.6. The van der Waals surface area contributed by atoms with E-state index in [2.05, 4.69) is 14.5 Å². The first-order chi connectivity index (χ1) is 18.3. The van der Waals surface area contributed by atoms with E-state index in [1.807, 2.05) is 36.4 Å². The molecule has 2 amide bonds. The number of carbonyl (C=O) groups excluding carboxylic acids is 2. The number of carbonyl (C=O) groups is 2. The van der Waals surface area contributed by atoms with Crippen LogP contribution in [0, 0.1) is 0 Å². The lowest BCUT2D eigenvalue weighted by atomic mass is 9.91. The van der Waals surface area contributed by atoms with Crippen molar-refractivity contribution in [2.24, 2.45) is 11.5 Å². The molecule has 1 aliphatic carbocycles. The molecule has 3 aliphatic rings. The van der Waals surface area contributed by atoms with Crippen molar-refractivity contribution in [2.45, 2.75) is 36.7 Å². The summed E-state index contributed by atoms with van der Waals surface area (Å²) in [6, 6.07) is 11.0. The lowest BCUT2D eigenvalue weighted by Gasteiger charge is -2.36. The van der Waals surface area contributed by atoms with Crippen LogP contribution in [0.3, 0.4) is 0 Å². The summed E-state index contributed by atoms with van der Waals surface area (Å²) in [7, 11) is 3.19. The van der Waals surface area contributed by atoms with Crippen molar-refractivity contribution in [1.29, 1.82) is 0 Å². The molecule has 3 unspecified atom stereocenters. The summed E-state index contributed by atoms with van der Waals surface area (Å²) < 4.78 is 15.4. The Balaban J connectivity index is 1.72. The Labute approximate surface area is 215 Å². The fourth-order valence-corrected chi connectivity index (χ4v) is 7.41. The molecule has 3 aromatic carbocycles.